The van der Waals surface area contributed by atoms with E-state index in [1.807, 2.05) is 6.92 Å². The Hall–Kier alpha value is -1.69. The third-order valence-corrected chi connectivity index (χ3v) is 5.32. The van der Waals surface area contributed by atoms with Crippen molar-refractivity contribution in [2.45, 2.75) is 56.9 Å². The van der Waals surface area contributed by atoms with E-state index < -0.39 is 10.1 Å². The molecule has 0 radical (unpaired) electrons. The molecule has 1 atom stereocenters. The smallest absolute Gasteiger partial charge is 0.294 e. The summed E-state index contributed by atoms with van der Waals surface area (Å²) in [7, 11) is -4.02. The lowest BCUT2D eigenvalue weighted by atomic mass is 9.85. The molecule has 3 rings (SSSR count). The van der Waals surface area contributed by atoms with Crippen LogP contribution in [0.25, 0.3) is 0 Å². The maximum absolute atomic E-state index is 10.5. The Bertz CT molecular complexity index is 834. The first kappa shape index (κ1) is 19.6. The van der Waals surface area contributed by atoms with Crippen LogP contribution in [0.5, 0.6) is 0 Å². The van der Waals surface area contributed by atoms with Gasteiger partial charge in [-0.3, -0.25) is 4.55 Å². The van der Waals surface area contributed by atoms with Crippen molar-refractivity contribution in [3.63, 3.8) is 0 Å². The highest BCUT2D eigenvalue weighted by Crippen LogP contribution is 2.33. The van der Waals surface area contributed by atoms with Gasteiger partial charge in [-0.1, -0.05) is 56.7 Å². The Balaban J connectivity index is 0.000000186. The maximum Gasteiger partial charge on any atom is 0.294 e. The minimum atomic E-state index is -4.02. The second-order valence-corrected chi connectivity index (χ2v) is 9.02. The molecule has 0 saturated carbocycles. The standard InChI is InChI=1S/C13H19N.C7H8O3S/c1-13(2,3)10-5-6-11-9(8-10)4-7-12(11)14;1-6-2-4-7(5-3-6)11(8,9)10/h5-6,8,12H,4,7,14H2,1-3H3;2-5H,1H3,(H,8,9,10)/t12-;/m1./s1. The summed E-state index contributed by atoms with van der Waals surface area (Å²) >= 11 is 0. The summed E-state index contributed by atoms with van der Waals surface area (Å²) < 4.78 is 29.6. The van der Waals surface area contributed by atoms with Gasteiger partial charge in [-0.2, -0.15) is 8.42 Å². The van der Waals surface area contributed by atoms with E-state index in [0.29, 0.717) is 0 Å². The highest BCUT2D eigenvalue weighted by molar-refractivity contribution is 7.85. The van der Waals surface area contributed by atoms with Crippen LogP contribution < -0.4 is 5.73 Å². The molecule has 0 aliphatic heterocycles. The molecule has 2 aromatic carbocycles. The Morgan fingerprint density at radius 3 is 2.20 bits per heavy atom. The number of hydrogen-bond acceptors (Lipinski definition) is 3. The monoisotopic (exact) mass is 361 g/mol. The molecule has 0 heterocycles. The number of rotatable bonds is 1. The van der Waals surface area contributed by atoms with Crippen molar-refractivity contribution in [1.29, 1.82) is 0 Å². The molecule has 25 heavy (non-hydrogen) atoms. The zero-order valence-electron chi connectivity index (χ0n) is 15.3. The van der Waals surface area contributed by atoms with E-state index in [1.165, 1.54) is 28.8 Å². The van der Waals surface area contributed by atoms with Crippen molar-refractivity contribution < 1.29 is 13.0 Å². The van der Waals surface area contributed by atoms with E-state index >= 15 is 0 Å². The molecule has 4 nitrogen and oxygen atoms in total. The molecule has 0 spiro atoms. The van der Waals surface area contributed by atoms with Crippen molar-refractivity contribution in [3.05, 3.63) is 64.7 Å². The van der Waals surface area contributed by atoms with Gasteiger partial charge >= 0.3 is 0 Å². The van der Waals surface area contributed by atoms with Crippen LogP contribution in [0.4, 0.5) is 0 Å². The summed E-state index contributed by atoms with van der Waals surface area (Å²) in [5, 5.41) is 0. The molecule has 0 unspecified atom stereocenters. The van der Waals surface area contributed by atoms with Gasteiger partial charge in [0.05, 0.1) is 4.90 Å². The summed E-state index contributed by atoms with van der Waals surface area (Å²) in [5.74, 6) is 0. The van der Waals surface area contributed by atoms with Crippen LogP contribution in [-0.2, 0) is 22.0 Å². The Morgan fingerprint density at radius 2 is 1.68 bits per heavy atom. The van der Waals surface area contributed by atoms with E-state index in [9.17, 15) is 8.42 Å². The van der Waals surface area contributed by atoms with Gasteiger partial charge in [0.1, 0.15) is 0 Å². The average molecular weight is 362 g/mol. The zero-order valence-corrected chi connectivity index (χ0v) is 16.1. The van der Waals surface area contributed by atoms with Crippen LogP contribution >= 0.6 is 0 Å². The molecule has 3 N–H and O–H groups in total. The fourth-order valence-corrected chi connectivity index (χ4v) is 3.31. The topological polar surface area (TPSA) is 80.4 Å². The Morgan fingerprint density at radius 1 is 1.08 bits per heavy atom. The molecule has 0 bridgehead atoms. The van der Waals surface area contributed by atoms with Gasteiger partial charge in [0.15, 0.2) is 0 Å². The summed E-state index contributed by atoms with van der Waals surface area (Å²) in [6, 6.07) is 13.0. The number of hydrogen-bond donors (Lipinski definition) is 2. The summed E-state index contributed by atoms with van der Waals surface area (Å²) in [5.41, 5.74) is 11.5. The fourth-order valence-electron chi connectivity index (χ4n) is 2.83. The van der Waals surface area contributed by atoms with Crippen LogP contribution in [0.1, 0.15) is 55.5 Å². The quantitative estimate of drug-likeness (QED) is 0.747. The number of aryl methyl sites for hydroxylation is 2. The highest BCUT2D eigenvalue weighted by atomic mass is 32.2. The van der Waals surface area contributed by atoms with Gasteiger partial charge in [0, 0.05) is 6.04 Å². The lowest BCUT2D eigenvalue weighted by Crippen LogP contribution is -2.12. The maximum atomic E-state index is 10.5. The molecule has 5 heteroatoms. The summed E-state index contributed by atoms with van der Waals surface area (Å²) in [6.45, 7) is 8.60. The van der Waals surface area contributed by atoms with Crippen LogP contribution in [0.3, 0.4) is 0 Å². The summed E-state index contributed by atoms with van der Waals surface area (Å²) in [6.07, 6.45) is 2.27. The summed E-state index contributed by atoms with van der Waals surface area (Å²) in [4.78, 5) is -0.0666. The first-order valence-electron chi connectivity index (χ1n) is 8.41. The van der Waals surface area contributed by atoms with Crippen molar-refractivity contribution in [3.8, 4) is 0 Å². The van der Waals surface area contributed by atoms with E-state index in [2.05, 4.69) is 39.0 Å². The number of fused-ring (bicyclic) bond motifs is 1. The van der Waals surface area contributed by atoms with Crippen molar-refractivity contribution in [2.24, 2.45) is 5.73 Å². The van der Waals surface area contributed by atoms with Gasteiger partial charge in [-0.15, -0.1) is 0 Å². The number of benzene rings is 2. The Labute approximate surface area is 150 Å². The highest BCUT2D eigenvalue weighted by Gasteiger charge is 2.21. The van der Waals surface area contributed by atoms with Crippen LogP contribution in [0.15, 0.2) is 47.4 Å². The average Bonchev–Trinajstić information content (AvgIpc) is 2.88. The SMILES string of the molecule is CC(C)(C)c1ccc2c(c1)CC[C@H]2N.Cc1ccc(S(=O)(=O)O)cc1. The zero-order chi connectivity index (χ0) is 18.8. The van der Waals surface area contributed by atoms with Crippen LogP contribution in [0.2, 0.25) is 0 Å². The molecule has 0 aromatic heterocycles. The third-order valence-electron chi connectivity index (χ3n) is 4.45. The van der Waals surface area contributed by atoms with Crippen molar-refractivity contribution >= 4 is 10.1 Å². The van der Waals surface area contributed by atoms with Gasteiger partial charge in [0.25, 0.3) is 10.1 Å². The van der Waals surface area contributed by atoms with Gasteiger partial charge in [-0.05, 0) is 54.0 Å². The van der Waals surface area contributed by atoms with E-state index in [4.69, 9.17) is 10.3 Å². The second-order valence-electron chi connectivity index (χ2n) is 7.60. The van der Waals surface area contributed by atoms with Crippen molar-refractivity contribution in [2.75, 3.05) is 0 Å². The molecular weight excluding hydrogens is 334 g/mol. The van der Waals surface area contributed by atoms with Crippen LogP contribution in [0, 0.1) is 6.92 Å². The van der Waals surface area contributed by atoms with Gasteiger partial charge < -0.3 is 5.73 Å². The van der Waals surface area contributed by atoms with E-state index in [0.717, 1.165) is 18.4 Å². The molecule has 0 fully saturated rings. The van der Waals surface area contributed by atoms with Gasteiger partial charge in [0.2, 0.25) is 0 Å². The van der Waals surface area contributed by atoms with E-state index in [-0.39, 0.29) is 16.4 Å². The second kappa shape index (κ2) is 7.28. The molecule has 1 aliphatic carbocycles. The van der Waals surface area contributed by atoms with E-state index in [1.54, 1.807) is 12.1 Å². The molecular formula is C20H27NO3S. The lowest BCUT2D eigenvalue weighted by Gasteiger charge is -2.20. The minimum Gasteiger partial charge on any atom is -0.324 e. The first-order chi connectivity index (χ1) is 11.5. The lowest BCUT2D eigenvalue weighted by molar-refractivity contribution is 0.483. The molecule has 0 saturated heterocycles. The van der Waals surface area contributed by atoms with Crippen LogP contribution in [-0.4, -0.2) is 13.0 Å². The molecule has 1 aliphatic rings. The van der Waals surface area contributed by atoms with Gasteiger partial charge in [-0.25, -0.2) is 0 Å². The van der Waals surface area contributed by atoms with Crippen molar-refractivity contribution in [1.82, 2.24) is 0 Å². The minimum absolute atomic E-state index is 0.0666. The molecule has 0 amide bonds. The third kappa shape index (κ3) is 5.14. The predicted octanol–water partition coefficient (Wildman–Crippen LogP) is 4.17. The first-order valence-corrected chi connectivity index (χ1v) is 9.85. The normalized spacial score (nSPS) is 16.8. The number of nitrogens with two attached hydrogens (primary N) is 1. The molecule has 136 valence electrons. The Kier molecular flexibility index (Phi) is 5.72. The molecule has 2 aromatic rings. The fraction of sp³-hybridized carbons (Fsp3) is 0.400. The largest absolute Gasteiger partial charge is 0.324 e. The predicted molar refractivity (Wildman–Crippen MR) is 101 cm³/mol.